The summed E-state index contributed by atoms with van der Waals surface area (Å²) in [6, 6.07) is 3.61. The Morgan fingerprint density at radius 3 is 3.08 bits per heavy atom. The van der Waals surface area contributed by atoms with Gasteiger partial charge in [0, 0.05) is 11.8 Å². The minimum Gasteiger partial charge on any atom is -0.366 e. The molecule has 0 bridgehead atoms. The molecule has 0 aliphatic carbocycles. The number of nitrogens with one attached hydrogen (secondary N) is 1. The van der Waals surface area contributed by atoms with Gasteiger partial charge in [0.15, 0.2) is 0 Å². The molecule has 1 unspecified atom stereocenters. The van der Waals surface area contributed by atoms with E-state index in [4.69, 9.17) is 0 Å². The van der Waals surface area contributed by atoms with E-state index in [1.807, 2.05) is 11.8 Å². The van der Waals surface area contributed by atoms with Crippen LogP contribution >= 0.6 is 11.8 Å². The van der Waals surface area contributed by atoms with Crippen molar-refractivity contribution in [1.82, 2.24) is 4.98 Å². The topological polar surface area (TPSA) is 24.9 Å². The Hall–Kier alpha value is -0.770. The van der Waals surface area contributed by atoms with Crippen molar-refractivity contribution < 1.29 is 4.39 Å². The van der Waals surface area contributed by atoms with E-state index in [-0.39, 0.29) is 5.82 Å². The van der Waals surface area contributed by atoms with Gasteiger partial charge in [0.25, 0.3) is 0 Å². The molecule has 1 aliphatic rings. The number of anilines is 1. The summed E-state index contributed by atoms with van der Waals surface area (Å²) < 4.78 is 12.5. The standard InChI is InChI=1S/C9H11FN2S/c10-7-1-2-9(11-5-7)12-8-3-4-13-6-8/h1-2,5,8H,3-4,6H2,(H,11,12). The molecule has 1 atom stereocenters. The van der Waals surface area contributed by atoms with Crippen LogP contribution in [0.4, 0.5) is 10.2 Å². The Labute approximate surface area is 80.9 Å². The van der Waals surface area contributed by atoms with Crippen molar-refractivity contribution in [3.63, 3.8) is 0 Å². The van der Waals surface area contributed by atoms with Crippen LogP contribution in [0.3, 0.4) is 0 Å². The number of hydrogen-bond acceptors (Lipinski definition) is 3. The van der Waals surface area contributed by atoms with Crippen molar-refractivity contribution in [2.45, 2.75) is 12.5 Å². The zero-order valence-electron chi connectivity index (χ0n) is 7.16. The highest BCUT2D eigenvalue weighted by Gasteiger charge is 2.14. The first kappa shape index (κ1) is 8.81. The van der Waals surface area contributed by atoms with Crippen molar-refractivity contribution in [3.8, 4) is 0 Å². The van der Waals surface area contributed by atoms with E-state index >= 15 is 0 Å². The summed E-state index contributed by atoms with van der Waals surface area (Å²) in [4.78, 5) is 3.95. The van der Waals surface area contributed by atoms with Gasteiger partial charge < -0.3 is 5.32 Å². The average Bonchev–Trinajstić information content (AvgIpc) is 2.62. The lowest BCUT2D eigenvalue weighted by molar-refractivity contribution is 0.621. The number of nitrogens with zero attached hydrogens (tertiary/aromatic N) is 1. The van der Waals surface area contributed by atoms with Gasteiger partial charge in [0.2, 0.25) is 0 Å². The molecule has 70 valence electrons. The Kier molecular flexibility index (Phi) is 2.68. The van der Waals surface area contributed by atoms with Crippen LogP contribution < -0.4 is 5.32 Å². The molecule has 1 aromatic heterocycles. The van der Waals surface area contributed by atoms with Gasteiger partial charge in [0.05, 0.1) is 6.20 Å². The SMILES string of the molecule is Fc1ccc(NC2CCSC2)nc1. The second-order valence-electron chi connectivity index (χ2n) is 3.07. The van der Waals surface area contributed by atoms with Crippen LogP contribution in [0.1, 0.15) is 6.42 Å². The number of thioether (sulfide) groups is 1. The highest BCUT2D eigenvalue weighted by atomic mass is 32.2. The Balaban J connectivity index is 1.97. The maximum atomic E-state index is 12.5. The molecule has 2 rings (SSSR count). The highest BCUT2D eigenvalue weighted by Crippen LogP contribution is 2.20. The third kappa shape index (κ3) is 2.34. The smallest absolute Gasteiger partial charge is 0.141 e. The number of halogens is 1. The maximum Gasteiger partial charge on any atom is 0.141 e. The maximum absolute atomic E-state index is 12.5. The Morgan fingerprint density at radius 1 is 1.54 bits per heavy atom. The van der Waals surface area contributed by atoms with Gasteiger partial charge in [-0.25, -0.2) is 9.37 Å². The third-order valence-corrected chi connectivity index (χ3v) is 3.17. The molecule has 1 aliphatic heterocycles. The molecule has 2 heterocycles. The van der Waals surface area contributed by atoms with Gasteiger partial charge in [0.1, 0.15) is 11.6 Å². The molecule has 0 radical (unpaired) electrons. The molecule has 1 saturated heterocycles. The van der Waals surface area contributed by atoms with Gasteiger partial charge in [-0.1, -0.05) is 0 Å². The highest BCUT2D eigenvalue weighted by molar-refractivity contribution is 7.99. The summed E-state index contributed by atoms with van der Waals surface area (Å²) in [6.07, 6.45) is 2.41. The molecule has 0 aromatic carbocycles. The predicted octanol–water partition coefficient (Wildman–Crippen LogP) is 2.14. The number of aromatic nitrogens is 1. The monoisotopic (exact) mass is 198 g/mol. The normalized spacial score (nSPS) is 21.8. The summed E-state index contributed by atoms with van der Waals surface area (Å²) in [6.45, 7) is 0. The largest absolute Gasteiger partial charge is 0.366 e. The van der Waals surface area contributed by atoms with Gasteiger partial charge >= 0.3 is 0 Å². The Morgan fingerprint density at radius 2 is 2.46 bits per heavy atom. The van der Waals surface area contributed by atoms with Crippen LogP contribution in [0.5, 0.6) is 0 Å². The Bertz CT molecular complexity index is 269. The lowest BCUT2D eigenvalue weighted by atomic mass is 10.2. The fourth-order valence-electron chi connectivity index (χ4n) is 1.32. The second-order valence-corrected chi connectivity index (χ2v) is 4.22. The van der Waals surface area contributed by atoms with E-state index in [0.29, 0.717) is 6.04 Å². The molecule has 1 N–H and O–H groups in total. The lowest BCUT2D eigenvalue weighted by Gasteiger charge is -2.10. The minimum atomic E-state index is -0.286. The van der Waals surface area contributed by atoms with Gasteiger partial charge in [-0.3, -0.25) is 0 Å². The summed E-state index contributed by atoms with van der Waals surface area (Å²) in [5, 5.41) is 3.27. The zero-order chi connectivity index (χ0) is 9.10. The van der Waals surface area contributed by atoms with E-state index < -0.39 is 0 Å². The molecule has 0 spiro atoms. The van der Waals surface area contributed by atoms with Gasteiger partial charge in [-0.2, -0.15) is 11.8 Å². The van der Waals surface area contributed by atoms with E-state index in [1.54, 1.807) is 6.07 Å². The molecule has 4 heteroatoms. The van der Waals surface area contributed by atoms with Crippen LogP contribution in [-0.4, -0.2) is 22.5 Å². The zero-order valence-corrected chi connectivity index (χ0v) is 7.98. The van der Waals surface area contributed by atoms with E-state index in [2.05, 4.69) is 10.3 Å². The van der Waals surface area contributed by atoms with Crippen LogP contribution in [-0.2, 0) is 0 Å². The van der Waals surface area contributed by atoms with Crippen molar-refractivity contribution in [2.75, 3.05) is 16.8 Å². The molecule has 1 aromatic rings. The summed E-state index contributed by atoms with van der Waals surface area (Å²) in [7, 11) is 0. The predicted molar refractivity (Wildman–Crippen MR) is 53.5 cm³/mol. The van der Waals surface area contributed by atoms with Crippen molar-refractivity contribution >= 4 is 17.6 Å². The van der Waals surface area contributed by atoms with Crippen molar-refractivity contribution in [3.05, 3.63) is 24.1 Å². The quantitative estimate of drug-likeness (QED) is 0.788. The van der Waals surface area contributed by atoms with Crippen LogP contribution in [0, 0.1) is 5.82 Å². The fourth-order valence-corrected chi connectivity index (χ4v) is 2.47. The first-order valence-corrected chi connectivity index (χ1v) is 5.46. The fraction of sp³-hybridized carbons (Fsp3) is 0.444. The van der Waals surface area contributed by atoms with Crippen LogP contribution in [0.25, 0.3) is 0 Å². The molecule has 13 heavy (non-hydrogen) atoms. The molecular formula is C9H11FN2S. The van der Waals surface area contributed by atoms with Gasteiger partial charge in [-0.15, -0.1) is 0 Å². The minimum absolute atomic E-state index is 0.286. The van der Waals surface area contributed by atoms with Crippen molar-refractivity contribution in [2.24, 2.45) is 0 Å². The van der Waals surface area contributed by atoms with E-state index in [9.17, 15) is 4.39 Å². The number of rotatable bonds is 2. The van der Waals surface area contributed by atoms with Crippen molar-refractivity contribution in [1.29, 1.82) is 0 Å². The van der Waals surface area contributed by atoms with E-state index in [1.165, 1.54) is 24.4 Å². The summed E-state index contributed by atoms with van der Waals surface area (Å²) in [5.41, 5.74) is 0. The molecule has 0 saturated carbocycles. The lowest BCUT2D eigenvalue weighted by Crippen LogP contribution is -2.18. The third-order valence-electron chi connectivity index (χ3n) is 2.01. The first-order chi connectivity index (χ1) is 6.34. The first-order valence-electron chi connectivity index (χ1n) is 4.30. The molecule has 1 fully saturated rings. The average molecular weight is 198 g/mol. The second kappa shape index (κ2) is 3.96. The van der Waals surface area contributed by atoms with Crippen LogP contribution in [0.2, 0.25) is 0 Å². The van der Waals surface area contributed by atoms with E-state index in [0.717, 1.165) is 11.6 Å². The van der Waals surface area contributed by atoms with Crippen LogP contribution in [0.15, 0.2) is 18.3 Å². The molecule has 0 amide bonds. The number of hydrogen-bond donors (Lipinski definition) is 1. The number of pyridine rings is 1. The molecule has 2 nitrogen and oxygen atoms in total. The molecular weight excluding hydrogens is 187 g/mol. The summed E-state index contributed by atoms with van der Waals surface area (Å²) >= 11 is 1.94. The van der Waals surface area contributed by atoms with Gasteiger partial charge in [-0.05, 0) is 24.3 Å². The summed E-state index contributed by atoms with van der Waals surface area (Å²) in [5.74, 6) is 2.82.